The lowest BCUT2D eigenvalue weighted by Crippen LogP contribution is -2.19. The van der Waals surface area contributed by atoms with Crippen molar-refractivity contribution in [1.82, 2.24) is 0 Å². The third-order valence-electron chi connectivity index (χ3n) is 2.65. The first-order valence-electron chi connectivity index (χ1n) is 5.69. The molecule has 1 aromatic carbocycles. The zero-order valence-electron chi connectivity index (χ0n) is 10.3. The van der Waals surface area contributed by atoms with E-state index in [4.69, 9.17) is 22.1 Å². The molecule has 0 saturated carbocycles. The van der Waals surface area contributed by atoms with E-state index < -0.39 is 0 Å². The molecule has 102 valence electrons. The molecule has 1 aromatic heterocycles. The predicted octanol–water partition coefficient (Wildman–Crippen LogP) is 4.28. The molecule has 3 N–H and O–H groups in total. The van der Waals surface area contributed by atoms with Gasteiger partial charge in [0.1, 0.15) is 10.1 Å². The second kappa shape index (κ2) is 6.61. The summed E-state index contributed by atoms with van der Waals surface area (Å²) in [7, 11) is 1.65. The fourth-order valence-electron chi connectivity index (χ4n) is 1.70. The Morgan fingerprint density at radius 1 is 1.47 bits per heavy atom. The van der Waals surface area contributed by atoms with Crippen LogP contribution in [0.4, 0.5) is 5.69 Å². The summed E-state index contributed by atoms with van der Waals surface area (Å²) in [5.74, 6) is 0.811. The molecule has 0 amide bonds. The number of hydrogen-bond donors (Lipinski definition) is 2. The van der Waals surface area contributed by atoms with Gasteiger partial charge in [-0.1, -0.05) is 17.7 Å². The minimum atomic E-state index is 0.0286. The van der Waals surface area contributed by atoms with Crippen molar-refractivity contribution >= 4 is 44.6 Å². The largest absolute Gasteiger partial charge is 0.497 e. The van der Waals surface area contributed by atoms with Gasteiger partial charge in [-0.15, -0.1) is 11.3 Å². The third-order valence-corrected chi connectivity index (χ3v) is 5.24. The van der Waals surface area contributed by atoms with Crippen LogP contribution in [0, 0.1) is 0 Å². The van der Waals surface area contributed by atoms with Crippen molar-refractivity contribution < 1.29 is 4.74 Å². The lowest BCUT2D eigenvalue weighted by molar-refractivity contribution is 0.415. The van der Waals surface area contributed by atoms with Crippen molar-refractivity contribution in [3.8, 4) is 5.75 Å². The SMILES string of the molecule is COc1cccc(NC(CN)c2cc(Br)c(Cl)s2)c1. The smallest absolute Gasteiger partial charge is 0.120 e. The highest BCUT2D eigenvalue weighted by atomic mass is 79.9. The molecule has 0 saturated heterocycles. The van der Waals surface area contributed by atoms with Crippen LogP contribution < -0.4 is 15.8 Å². The van der Waals surface area contributed by atoms with Crippen LogP contribution in [0.5, 0.6) is 5.75 Å². The molecule has 1 atom stereocenters. The normalized spacial score (nSPS) is 12.2. The highest BCUT2D eigenvalue weighted by Gasteiger charge is 2.14. The van der Waals surface area contributed by atoms with E-state index in [1.807, 2.05) is 30.3 Å². The first-order chi connectivity index (χ1) is 9.13. The Kier molecular flexibility index (Phi) is 5.10. The van der Waals surface area contributed by atoms with Gasteiger partial charge in [-0.2, -0.15) is 0 Å². The Morgan fingerprint density at radius 2 is 2.26 bits per heavy atom. The molecule has 2 rings (SSSR count). The van der Waals surface area contributed by atoms with Gasteiger partial charge in [0.05, 0.1) is 13.2 Å². The van der Waals surface area contributed by atoms with Crippen LogP contribution in [-0.4, -0.2) is 13.7 Å². The molecule has 19 heavy (non-hydrogen) atoms. The predicted molar refractivity (Wildman–Crippen MR) is 85.4 cm³/mol. The molecule has 2 aromatic rings. The molecule has 0 aliphatic rings. The fourth-order valence-corrected chi connectivity index (χ4v) is 3.50. The summed E-state index contributed by atoms with van der Waals surface area (Å²) in [6, 6.07) is 9.79. The summed E-state index contributed by atoms with van der Waals surface area (Å²) >= 11 is 11.0. The van der Waals surface area contributed by atoms with Crippen LogP contribution >= 0.6 is 38.9 Å². The Bertz CT molecular complexity index is 542. The number of benzene rings is 1. The van der Waals surface area contributed by atoms with E-state index in [2.05, 4.69) is 21.2 Å². The van der Waals surface area contributed by atoms with Crippen molar-refractivity contribution in [2.45, 2.75) is 6.04 Å². The monoisotopic (exact) mass is 360 g/mol. The second-order valence-electron chi connectivity index (χ2n) is 3.93. The molecule has 6 heteroatoms. The molecular weight excluding hydrogens is 348 g/mol. The van der Waals surface area contributed by atoms with Gasteiger partial charge in [0.2, 0.25) is 0 Å². The average Bonchev–Trinajstić information content (AvgIpc) is 2.76. The van der Waals surface area contributed by atoms with Gasteiger partial charge in [0.15, 0.2) is 0 Å². The summed E-state index contributed by atoms with van der Waals surface area (Å²) < 4.78 is 6.84. The van der Waals surface area contributed by atoms with Crippen LogP contribution in [0.2, 0.25) is 4.34 Å². The van der Waals surface area contributed by atoms with Crippen LogP contribution in [0.25, 0.3) is 0 Å². The molecule has 0 aliphatic heterocycles. The highest BCUT2D eigenvalue weighted by molar-refractivity contribution is 9.10. The molecular formula is C13H14BrClN2OS. The minimum Gasteiger partial charge on any atom is -0.497 e. The van der Waals surface area contributed by atoms with E-state index in [-0.39, 0.29) is 6.04 Å². The van der Waals surface area contributed by atoms with E-state index in [0.29, 0.717) is 6.54 Å². The number of thiophene rings is 1. The van der Waals surface area contributed by atoms with E-state index in [1.54, 1.807) is 7.11 Å². The van der Waals surface area contributed by atoms with Gasteiger partial charge in [-0.25, -0.2) is 0 Å². The number of rotatable bonds is 5. The van der Waals surface area contributed by atoms with Crippen LogP contribution in [0.3, 0.4) is 0 Å². The van der Waals surface area contributed by atoms with Gasteiger partial charge < -0.3 is 15.8 Å². The van der Waals surface area contributed by atoms with Crippen LogP contribution in [-0.2, 0) is 0 Å². The Balaban J connectivity index is 2.18. The zero-order chi connectivity index (χ0) is 13.8. The van der Waals surface area contributed by atoms with Gasteiger partial charge in [-0.3, -0.25) is 0 Å². The summed E-state index contributed by atoms with van der Waals surface area (Å²) in [5, 5.41) is 3.39. The number of anilines is 1. The van der Waals surface area contributed by atoms with Gasteiger partial charge in [0, 0.05) is 27.6 Å². The highest BCUT2D eigenvalue weighted by Crippen LogP contribution is 2.36. The molecule has 3 nitrogen and oxygen atoms in total. The molecule has 1 heterocycles. The summed E-state index contributed by atoms with van der Waals surface area (Å²) in [4.78, 5) is 1.10. The van der Waals surface area contributed by atoms with Gasteiger partial charge in [-0.05, 0) is 34.1 Å². The van der Waals surface area contributed by atoms with Crippen molar-refractivity contribution in [3.05, 3.63) is 44.0 Å². The molecule has 0 radical (unpaired) electrons. The van der Waals surface area contributed by atoms with Crippen molar-refractivity contribution in [2.75, 3.05) is 19.0 Å². The molecule has 0 fully saturated rings. The lowest BCUT2D eigenvalue weighted by Gasteiger charge is -2.17. The van der Waals surface area contributed by atoms with E-state index in [0.717, 1.165) is 25.1 Å². The van der Waals surface area contributed by atoms with Crippen molar-refractivity contribution in [1.29, 1.82) is 0 Å². The van der Waals surface area contributed by atoms with E-state index >= 15 is 0 Å². The minimum absolute atomic E-state index is 0.0286. The average molecular weight is 362 g/mol. The Morgan fingerprint density at radius 3 is 2.84 bits per heavy atom. The van der Waals surface area contributed by atoms with E-state index in [1.165, 1.54) is 11.3 Å². The number of nitrogens with two attached hydrogens (primary N) is 1. The molecule has 1 unspecified atom stereocenters. The van der Waals surface area contributed by atoms with Gasteiger partial charge >= 0.3 is 0 Å². The summed E-state index contributed by atoms with van der Waals surface area (Å²) in [6.45, 7) is 0.487. The topological polar surface area (TPSA) is 47.3 Å². The maximum Gasteiger partial charge on any atom is 0.120 e. The number of halogens is 2. The van der Waals surface area contributed by atoms with E-state index in [9.17, 15) is 0 Å². The van der Waals surface area contributed by atoms with Crippen LogP contribution in [0.1, 0.15) is 10.9 Å². The number of hydrogen-bond acceptors (Lipinski definition) is 4. The third kappa shape index (κ3) is 3.63. The number of ether oxygens (including phenoxy) is 1. The number of methoxy groups -OCH3 is 1. The molecule has 0 aliphatic carbocycles. The van der Waals surface area contributed by atoms with Gasteiger partial charge in [0.25, 0.3) is 0 Å². The second-order valence-corrected chi connectivity index (χ2v) is 6.48. The standard InChI is InChI=1S/C13H14BrClN2OS/c1-18-9-4-2-3-8(5-9)17-11(7-16)12-6-10(14)13(15)19-12/h2-6,11,17H,7,16H2,1H3. The molecule has 0 bridgehead atoms. The maximum absolute atomic E-state index is 6.06. The van der Waals surface area contributed by atoms with Crippen molar-refractivity contribution in [2.24, 2.45) is 5.73 Å². The number of nitrogens with one attached hydrogen (secondary N) is 1. The maximum atomic E-state index is 6.06. The fraction of sp³-hybridized carbons (Fsp3) is 0.231. The molecule has 0 spiro atoms. The summed E-state index contributed by atoms with van der Waals surface area (Å²) in [6.07, 6.45) is 0. The first-order valence-corrected chi connectivity index (χ1v) is 7.68. The van der Waals surface area contributed by atoms with Crippen molar-refractivity contribution in [3.63, 3.8) is 0 Å². The quantitative estimate of drug-likeness (QED) is 0.835. The Hall–Kier alpha value is -0.750. The lowest BCUT2D eigenvalue weighted by atomic mass is 10.2. The summed E-state index contributed by atoms with van der Waals surface area (Å²) in [5.41, 5.74) is 6.81. The van der Waals surface area contributed by atoms with Crippen LogP contribution in [0.15, 0.2) is 34.8 Å². The zero-order valence-corrected chi connectivity index (χ0v) is 13.5. The Labute approximate surface area is 129 Å². The first kappa shape index (κ1) is 14.7.